The quantitative estimate of drug-likeness (QED) is 0.567. The fourth-order valence-corrected chi connectivity index (χ4v) is 2.88. The number of benzene rings is 1. The topological polar surface area (TPSA) is 108 Å². The Kier molecular flexibility index (Phi) is 4.68. The lowest BCUT2D eigenvalue weighted by atomic mass is 10.2. The number of anilines is 1. The Morgan fingerprint density at radius 3 is 2.55 bits per heavy atom. The number of sulfonamides is 1. The minimum absolute atomic E-state index is 0.121. The first kappa shape index (κ1) is 15.9. The van der Waals surface area contributed by atoms with E-state index in [-0.39, 0.29) is 17.1 Å². The summed E-state index contributed by atoms with van der Waals surface area (Å²) in [4.78, 5) is 14.9. The standard InChI is InChI=1S/C13H12FN3O4S/c14-10-3-1-9(2-4-10)8-22(20,21)17-11-5-6-15-12(7-11)13(18)16-19/h1-7,19H,8H2,(H,15,17)(H,16,18). The number of hydrogen-bond donors (Lipinski definition) is 3. The normalized spacial score (nSPS) is 11.0. The SMILES string of the molecule is O=C(NO)c1cc(NS(=O)(=O)Cc2ccc(F)cc2)ccn1. The van der Waals surface area contributed by atoms with Crippen molar-refractivity contribution < 1.29 is 22.8 Å². The van der Waals surface area contributed by atoms with E-state index in [9.17, 15) is 17.6 Å². The molecule has 0 fully saturated rings. The molecular weight excluding hydrogens is 313 g/mol. The lowest BCUT2D eigenvalue weighted by molar-refractivity contribution is 0.0701. The van der Waals surface area contributed by atoms with Crippen molar-refractivity contribution in [2.24, 2.45) is 0 Å². The molecule has 3 N–H and O–H groups in total. The Hall–Kier alpha value is -2.52. The Morgan fingerprint density at radius 1 is 1.23 bits per heavy atom. The lowest BCUT2D eigenvalue weighted by Crippen LogP contribution is -2.21. The van der Waals surface area contributed by atoms with Crippen LogP contribution in [0.15, 0.2) is 42.6 Å². The third-order valence-electron chi connectivity index (χ3n) is 2.64. The van der Waals surface area contributed by atoms with E-state index in [0.717, 1.165) is 0 Å². The predicted molar refractivity (Wildman–Crippen MR) is 76.1 cm³/mol. The van der Waals surface area contributed by atoms with E-state index < -0.39 is 21.7 Å². The zero-order valence-electron chi connectivity index (χ0n) is 11.2. The molecule has 7 nitrogen and oxygen atoms in total. The lowest BCUT2D eigenvalue weighted by Gasteiger charge is -2.09. The van der Waals surface area contributed by atoms with E-state index in [1.807, 2.05) is 0 Å². The summed E-state index contributed by atoms with van der Waals surface area (Å²) in [6.07, 6.45) is 1.22. The summed E-state index contributed by atoms with van der Waals surface area (Å²) in [7, 11) is -3.74. The minimum Gasteiger partial charge on any atom is -0.288 e. The summed E-state index contributed by atoms with van der Waals surface area (Å²) in [6, 6.07) is 7.60. The van der Waals surface area contributed by atoms with E-state index >= 15 is 0 Å². The second kappa shape index (κ2) is 6.50. The molecule has 0 atom stereocenters. The second-order valence-corrected chi connectivity index (χ2v) is 6.08. The molecule has 9 heteroatoms. The summed E-state index contributed by atoms with van der Waals surface area (Å²) in [5.74, 6) is -1.67. The van der Waals surface area contributed by atoms with Crippen molar-refractivity contribution in [1.82, 2.24) is 10.5 Å². The van der Waals surface area contributed by atoms with Crippen LogP contribution in [0.25, 0.3) is 0 Å². The predicted octanol–water partition coefficient (Wildman–Crippen LogP) is 1.28. The number of pyridine rings is 1. The van der Waals surface area contributed by atoms with Gasteiger partial charge in [-0.1, -0.05) is 12.1 Å². The maximum absolute atomic E-state index is 12.8. The van der Waals surface area contributed by atoms with Gasteiger partial charge in [0, 0.05) is 6.20 Å². The Morgan fingerprint density at radius 2 is 1.91 bits per heavy atom. The largest absolute Gasteiger partial charge is 0.293 e. The van der Waals surface area contributed by atoms with Gasteiger partial charge in [-0.2, -0.15) is 0 Å². The molecule has 1 aromatic heterocycles. The van der Waals surface area contributed by atoms with Crippen molar-refractivity contribution in [3.8, 4) is 0 Å². The number of hydroxylamine groups is 1. The van der Waals surface area contributed by atoms with Gasteiger partial charge in [0.1, 0.15) is 11.5 Å². The van der Waals surface area contributed by atoms with Crippen LogP contribution >= 0.6 is 0 Å². The Bertz CT molecular complexity index is 778. The molecule has 0 bridgehead atoms. The minimum atomic E-state index is -3.74. The first-order valence-electron chi connectivity index (χ1n) is 6.05. The number of carbonyl (C=O) groups excluding carboxylic acids is 1. The molecule has 1 amide bonds. The Balaban J connectivity index is 2.15. The van der Waals surface area contributed by atoms with E-state index in [2.05, 4.69) is 9.71 Å². The van der Waals surface area contributed by atoms with E-state index in [0.29, 0.717) is 5.56 Å². The first-order valence-corrected chi connectivity index (χ1v) is 7.70. The number of hydrogen-bond acceptors (Lipinski definition) is 5. The van der Waals surface area contributed by atoms with Gasteiger partial charge < -0.3 is 0 Å². The van der Waals surface area contributed by atoms with Gasteiger partial charge in [0.15, 0.2) is 0 Å². The number of nitrogens with zero attached hydrogens (tertiary/aromatic N) is 1. The average Bonchev–Trinajstić information content (AvgIpc) is 2.48. The third-order valence-corrected chi connectivity index (χ3v) is 3.90. The van der Waals surface area contributed by atoms with Crippen LogP contribution < -0.4 is 10.2 Å². The number of rotatable bonds is 5. The van der Waals surface area contributed by atoms with Gasteiger partial charge in [-0.15, -0.1) is 0 Å². The summed E-state index contributed by atoms with van der Waals surface area (Å²) >= 11 is 0. The van der Waals surface area contributed by atoms with Gasteiger partial charge >= 0.3 is 0 Å². The molecule has 0 radical (unpaired) electrons. The first-order chi connectivity index (χ1) is 10.4. The molecule has 2 rings (SSSR count). The van der Waals surface area contributed by atoms with Crippen molar-refractivity contribution in [1.29, 1.82) is 0 Å². The van der Waals surface area contributed by atoms with Crippen LogP contribution in [0.4, 0.5) is 10.1 Å². The molecule has 1 heterocycles. The van der Waals surface area contributed by atoms with Crippen LogP contribution in [-0.2, 0) is 15.8 Å². The van der Waals surface area contributed by atoms with Gasteiger partial charge in [-0.25, -0.2) is 18.3 Å². The smallest absolute Gasteiger partial charge is 0.288 e. The summed E-state index contributed by atoms with van der Waals surface area (Å²) in [6.45, 7) is 0. The van der Waals surface area contributed by atoms with Crippen molar-refractivity contribution in [2.75, 3.05) is 4.72 Å². The van der Waals surface area contributed by atoms with Crippen LogP contribution in [0.3, 0.4) is 0 Å². The average molecular weight is 325 g/mol. The highest BCUT2D eigenvalue weighted by Crippen LogP contribution is 2.14. The summed E-state index contributed by atoms with van der Waals surface area (Å²) in [5, 5.41) is 8.52. The highest BCUT2D eigenvalue weighted by Gasteiger charge is 2.14. The molecule has 0 spiro atoms. The van der Waals surface area contributed by atoms with Crippen LogP contribution in [0.2, 0.25) is 0 Å². The molecule has 116 valence electrons. The fraction of sp³-hybridized carbons (Fsp3) is 0.0769. The molecule has 0 saturated heterocycles. The molecular formula is C13H12FN3O4S. The van der Waals surface area contributed by atoms with E-state index in [4.69, 9.17) is 5.21 Å². The van der Waals surface area contributed by atoms with Gasteiger partial charge in [0.25, 0.3) is 5.91 Å². The van der Waals surface area contributed by atoms with Crippen molar-refractivity contribution in [3.05, 3.63) is 59.7 Å². The number of aromatic nitrogens is 1. The molecule has 22 heavy (non-hydrogen) atoms. The highest BCUT2D eigenvalue weighted by atomic mass is 32.2. The third kappa shape index (κ3) is 4.24. The van der Waals surface area contributed by atoms with Crippen LogP contribution in [0.1, 0.15) is 16.1 Å². The molecule has 1 aromatic carbocycles. The Labute approximate surface area is 125 Å². The highest BCUT2D eigenvalue weighted by molar-refractivity contribution is 7.91. The fourth-order valence-electron chi connectivity index (χ4n) is 1.69. The van der Waals surface area contributed by atoms with E-state index in [1.165, 1.54) is 48.1 Å². The summed E-state index contributed by atoms with van der Waals surface area (Å²) in [5.41, 5.74) is 1.79. The molecule has 0 aliphatic heterocycles. The number of carbonyl (C=O) groups is 1. The van der Waals surface area contributed by atoms with Crippen LogP contribution in [0, 0.1) is 5.82 Å². The number of nitrogens with one attached hydrogen (secondary N) is 2. The monoisotopic (exact) mass is 325 g/mol. The molecule has 0 saturated carbocycles. The van der Waals surface area contributed by atoms with Gasteiger partial charge in [-0.3, -0.25) is 19.7 Å². The second-order valence-electron chi connectivity index (χ2n) is 4.36. The zero-order chi connectivity index (χ0) is 16.2. The van der Waals surface area contributed by atoms with Crippen molar-refractivity contribution in [2.45, 2.75) is 5.75 Å². The molecule has 2 aromatic rings. The molecule has 0 aliphatic carbocycles. The van der Waals surface area contributed by atoms with Gasteiger partial charge in [0.05, 0.1) is 11.4 Å². The molecule has 0 unspecified atom stereocenters. The zero-order valence-corrected chi connectivity index (χ0v) is 12.0. The van der Waals surface area contributed by atoms with Crippen molar-refractivity contribution >= 4 is 21.6 Å². The van der Waals surface area contributed by atoms with Gasteiger partial charge in [-0.05, 0) is 29.8 Å². The van der Waals surface area contributed by atoms with Crippen LogP contribution in [0.5, 0.6) is 0 Å². The number of halogens is 1. The van der Waals surface area contributed by atoms with Crippen LogP contribution in [-0.4, -0.2) is 24.5 Å². The molecule has 0 aliphatic rings. The van der Waals surface area contributed by atoms with E-state index in [1.54, 1.807) is 0 Å². The maximum Gasteiger partial charge on any atom is 0.293 e. The van der Waals surface area contributed by atoms with Gasteiger partial charge in [0.2, 0.25) is 10.0 Å². The number of amides is 1. The van der Waals surface area contributed by atoms with Crippen molar-refractivity contribution in [3.63, 3.8) is 0 Å². The maximum atomic E-state index is 12.8. The summed E-state index contributed by atoms with van der Waals surface area (Å²) < 4.78 is 39.1.